The second-order valence-corrected chi connectivity index (χ2v) is 8.04. The number of carbonyl (C=O) groups is 1. The third-order valence-corrected chi connectivity index (χ3v) is 6.78. The van der Waals surface area contributed by atoms with Crippen molar-refractivity contribution >= 4 is 54.9 Å². The number of thiophene rings is 1. The number of amidine groups is 1. The van der Waals surface area contributed by atoms with Gasteiger partial charge >= 0.3 is 0 Å². The third-order valence-electron chi connectivity index (χ3n) is 3.53. The minimum atomic E-state index is -0.729. The molecule has 0 spiro atoms. The molecule has 0 radical (unpaired) electrons. The van der Waals surface area contributed by atoms with Crippen LogP contribution < -0.4 is 11.1 Å². The summed E-state index contributed by atoms with van der Waals surface area (Å²) >= 11 is 8.07. The van der Waals surface area contributed by atoms with Gasteiger partial charge in [-0.2, -0.15) is 0 Å². The number of halogens is 2. The molecule has 0 bridgehead atoms. The molecule has 1 heterocycles. The molecule has 5 nitrogen and oxygen atoms in total. The van der Waals surface area contributed by atoms with Crippen LogP contribution in [0.5, 0.6) is 0 Å². The number of rotatable bonds is 3. The van der Waals surface area contributed by atoms with Crippen molar-refractivity contribution in [3.05, 3.63) is 19.2 Å². The van der Waals surface area contributed by atoms with E-state index in [-0.39, 0.29) is 11.7 Å². The van der Waals surface area contributed by atoms with Crippen molar-refractivity contribution in [3.63, 3.8) is 0 Å². The Morgan fingerprint density at radius 3 is 2.55 bits per heavy atom. The standard InChI is InChI=1S/C12H15Br2N3O2S/c13-7-6-8(20-9(7)14)10(18)16-12(11(15)17-19)4-2-1-3-5-12/h6,19H,1-5H2,(H2,15,17)(H,16,18). The summed E-state index contributed by atoms with van der Waals surface area (Å²) in [6.45, 7) is 0. The van der Waals surface area contributed by atoms with E-state index in [4.69, 9.17) is 10.9 Å². The SMILES string of the molecule is NC(=NO)C1(NC(=O)c2cc(Br)c(Br)s2)CCCCC1. The lowest BCUT2D eigenvalue weighted by Gasteiger charge is -2.36. The van der Waals surface area contributed by atoms with Crippen molar-refractivity contribution in [2.24, 2.45) is 10.9 Å². The Morgan fingerprint density at radius 1 is 1.40 bits per heavy atom. The van der Waals surface area contributed by atoms with E-state index in [1.165, 1.54) is 11.3 Å². The van der Waals surface area contributed by atoms with E-state index >= 15 is 0 Å². The van der Waals surface area contributed by atoms with Gasteiger partial charge in [0.25, 0.3) is 5.91 Å². The molecular weight excluding hydrogens is 410 g/mol. The normalized spacial score (nSPS) is 18.8. The van der Waals surface area contributed by atoms with Crippen LogP contribution in [0.15, 0.2) is 19.5 Å². The van der Waals surface area contributed by atoms with E-state index in [1.807, 2.05) is 0 Å². The summed E-state index contributed by atoms with van der Waals surface area (Å²) in [6.07, 6.45) is 4.40. The maximum Gasteiger partial charge on any atom is 0.262 e. The van der Waals surface area contributed by atoms with Crippen LogP contribution in [-0.4, -0.2) is 22.5 Å². The van der Waals surface area contributed by atoms with Gasteiger partial charge in [-0.15, -0.1) is 11.3 Å². The monoisotopic (exact) mass is 423 g/mol. The van der Waals surface area contributed by atoms with Gasteiger partial charge in [-0.1, -0.05) is 24.4 Å². The summed E-state index contributed by atoms with van der Waals surface area (Å²) in [6, 6.07) is 1.76. The Bertz CT molecular complexity index is 519. The highest BCUT2D eigenvalue weighted by molar-refractivity contribution is 9.13. The molecule has 20 heavy (non-hydrogen) atoms. The highest BCUT2D eigenvalue weighted by Crippen LogP contribution is 2.34. The van der Waals surface area contributed by atoms with Gasteiger partial charge in [0, 0.05) is 4.47 Å². The summed E-state index contributed by atoms with van der Waals surface area (Å²) in [5.41, 5.74) is 5.09. The summed E-state index contributed by atoms with van der Waals surface area (Å²) < 4.78 is 1.71. The number of hydrogen-bond acceptors (Lipinski definition) is 4. The average molecular weight is 425 g/mol. The summed E-state index contributed by atoms with van der Waals surface area (Å²) in [7, 11) is 0. The highest BCUT2D eigenvalue weighted by atomic mass is 79.9. The molecule has 1 aromatic heterocycles. The number of oxime groups is 1. The summed E-state index contributed by atoms with van der Waals surface area (Å²) in [4.78, 5) is 13.0. The zero-order valence-corrected chi connectivity index (χ0v) is 14.6. The van der Waals surface area contributed by atoms with Crippen LogP contribution in [-0.2, 0) is 0 Å². The number of nitrogens with zero attached hydrogens (tertiary/aromatic N) is 1. The van der Waals surface area contributed by atoms with E-state index in [1.54, 1.807) is 6.07 Å². The molecule has 1 aliphatic carbocycles. The first-order valence-corrected chi connectivity index (χ1v) is 8.64. The van der Waals surface area contributed by atoms with Gasteiger partial charge in [0.15, 0.2) is 5.84 Å². The molecule has 1 amide bonds. The van der Waals surface area contributed by atoms with Crippen molar-refractivity contribution in [1.29, 1.82) is 0 Å². The predicted molar refractivity (Wildman–Crippen MR) is 86.4 cm³/mol. The molecule has 4 N–H and O–H groups in total. The van der Waals surface area contributed by atoms with Crippen molar-refractivity contribution in [2.75, 3.05) is 0 Å². The van der Waals surface area contributed by atoms with Crippen LogP contribution in [0.4, 0.5) is 0 Å². The Morgan fingerprint density at radius 2 is 2.05 bits per heavy atom. The number of nitrogens with two attached hydrogens (primary N) is 1. The van der Waals surface area contributed by atoms with Crippen molar-refractivity contribution in [1.82, 2.24) is 5.32 Å². The van der Waals surface area contributed by atoms with Crippen LogP contribution >= 0.6 is 43.2 Å². The molecule has 0 unspecified atom stereocenters. The van der Waals surface area contributed by atoms with Gasteiger partial charge in [0.1, 0.15) is 5.54 Å². The molecule has 1 fully saturated rings. The largest absolute Gasteiger partial charge is 0.409 e. The fraction of sp³-hybridized carbons (Fsp3) is 0.500. The lowest BCUT2D eigenvalue weighted by Crippen LogP contribution is -2.58. The molecule has 0 aliphatic heterocycles. The van der Waals surface area contributed by atoms with Crippen LogP contribution in [0.3, 0.4) is 0 Å². The Hall–Kier alpha value is -0.600. The first-order valence-electron chi connectivity index (χ1n) is 6.24. The number of hydrogen-bond donors (Lipinski definition) is 3. The topological polar surface area (TPSA) is 87.7 Å². The minimum absolute atomic E-state index is 0.0836. The fourth-order valence-electron chi connectivity index (χ4n) is 2.43. The number of amides is 1. The smallest absolute Gasteiger partial charge is 0.262 e. The zero-order valence-electron chi connectivity index (χ0n) is 10.7. The van der Waals surface area contributed by atoms with Crippen molar-refractivity contribution in [2.45, 2.75) is 37.6 Å². The van der Waals surface area contributed by atoms with Gasteiger partial charge in [-0.25, -0.2) is 0 Å². The van der Waals surface area contributed by atoms with E-state index in [0.717, 1.165) is 27.5 Å². The van der Waals surface area contributed by atoms with Crippen molar-refractivity contribution < 1.29 is 10.0 Å². The van der Waals surface area contributed by atoms with Gasteiger partial charge in [0.05, 0.1) is 8.66 Å². The van der Waals surface area contributed by atoms with Gasteiger partial charge < -0.3 is 16.3 Å². The summed E-state index contributed by atoms with van der Waals surface area (Å²) in [5, 5.41) is 15.1. The maximum atomic E-state index is 12.4. The lowest BCUT2D eigenvalue weighted by molar-refractivity contribution is 0.0910. The minimum Gasteiger partial charge on any atom is -0.409 e. The van der Waals surface area contributed by atoms with Crippen LogP contribution in [0.25, 0.3) is 0 Å². The molecule has 8 heteroatoms. The highest BCUT2D eigenvalue weighted by Gasteiger charge is 2.38. The molecule has 110 valence electrons. The van der Waals surface area contributed by atoms with Gasteiger partial charge in [0.2, 0.25) is 0 Å². The quantitative estimate of drug-likeness (QED) is 0.300. The fourth-order valence-corrected chi connectivity index (χ4v) is 4.36. The maximum absolute atomic E-state index is 12.4. The molecular formula is C12H15Br2N3O2S. The van der Waals surface area contributed by atoms with E-state index < -0.39 is 5.54 Å². The third kappa shape index (κ3) is 3.17. The zero-order chi connectivity index (χ0) is 14.8. The first-order chi connectivity index (χ1) is 9.48. The van der Waals surface area contributed by atoms with Crippen molar-refractivity contribution in [3.8, 4) is 0 Å². The van der Waals surface area contributed by atoms with E-state index in [0.29, 0.717) is 17.7 Å². The number of carbonyl (C=O) groups excluding carboxylic acids is 1. The van der Waals surface area contributed by atoms with Crippen LogP contribution in [0, 0.1) is 0 Å². The van der Waals surface area contributed by atoms with Crippen LogP contribution in [0.1, 0.15) is 41.8 Å². The average Bonchev–Trinajstić information content (AvgIpc) is 2.79. The second-order valence-electron chi connectivity index (χ2n) is 4.81. The Labute approximate surface area is 137 Å². The molecule has 1 aromatic rings. The second kappa shape index (κ2) is 6.44. The Kier molecular flexibility index (Phi) is 5.09. The molecule has 2 rings (SSSR count). The van der Waals surface area contributed by atoms with E-state index in [2.05, 4.69) is 42.3 Å². The molecule has 1 saturated carbocycles. The van der Waals surface area contributed by atoms with Gasteiger partial charge in [-0.05, 0) is 50.8 Å². The van der Waals surface area contributed by atoms with Gasteiger partial charge in [-0.3, -0.25) is 4.79 Å². The van der Waals surface area contributed by atoms with E-state index in [9.17, 15) is 4.79 Å². The van der Waals surface area contributed by atoms with Crippen LogP contribution in [0.2, 0.25) is 0 Å². The Balaban J connectivity index is 2.21. The molecule has 0 atom stereocenters. The summed E-state index contributed by atoms with van der Waals surface area (Å²) in [5.74, 6) is -0.116. The number of nitrogens with one attached hydrogen (secondary N) is 1. The molecule has 0 aromatic carbocycles. The first kappa shape index (κ1) is 15.8. The lowest BCUT2D eigenvalue weighted by atomic mass is 9.80. The predicted octanol–water partition coefficient (Wildman–Crippen LogP) is 3.45. The molecule has 1 aliphatic rings. The molecule has 0 saturated heterocycles.